The molecular formula is C18H22N4O3S. The minimum atomic E-state index is -0.0972. The molecule has 4 heterocycles. The van der Waals surface area contributed by atoms with Gasteiger partial charge in [-0.05, 0) is 31.7 Å². The summed E-state index contributed by atoms with van der Waals surface area (Å²) < 4.78 is 5.76. The van der Waals surface area contributed by atoms with Gasteiger partial charge in [-0.3, -0.25) is 14.6 Å². The van der Waals surface area contributed by atoms with E-state index in [9.17, 15) is 9.59 Å². The number of thiophene rings is 1. The fourth-order valence-electron chi connectivity index (χ4n) is 3.66. The maximum atomic E-state index is 12.6. The van der Waals surface area contributed by atoms with Gasteiger partial charge in [0.2, 0.25) is 5.95 Å². The van der Waals surface area contributed by atoms with E-state index in [4.69, 9.17) is 9.72 Å². The Morgan fingerprint density at radius 2 is 2.12 bits per heavy atom. The number of aromatic nitrogens is 2. The molecule has 2 aliphatic rings. The van der Waals surface area contributed by atoms with Crippen molar-refractivity contribution in [1.29, 1.82) is 0 Å². The van der Waals surface area contributed by atoms with Crippen molar-refractivity contribution in [3.63, 3.8) is 0 Å². The smallest absolute Gasteiger partial charge is 0.264 e. The van der Waals surface area contributed by atoms with E-state index < -0.39 is 0 Å². The Morgan fingerprint density at radius 3 is 2.81 bits per heavy atom. The zero-order valence-electron chi connectivity index (χ0n) is 14.9. The quantitative estimate of drug-likeness (QED) is 0.865. The van der Waals surface area contributed by atoms with Crippen molar-refractivity contribution in [3.8, 4) is 0 Å². The largest absolute Gasteiger partial charge is 0.372 e. The summed E-state index contributed by atoms with van der Waals surface area (Å²) in [6.45, 7) is 6.31. The molecule has 1 saturated heterocycles. The molecule has 2 atom stereocenters. The first-order valence-corrected chi connectivity index (χ1v) is 9.74. The van der Waals surface area contributed by atoms with Gasteiger partial charge in [-0.2, -0.15) is 0 Å². The SMILES string of the molecule is CC1CN(c2nc3c(c(=O)[nH]2)CCN(C(=O)c2cccs2)C3)CC(C)O1. The molecular weight excluding hydrogens is 352 g/mol. The van der Waals surface area contributed by atoms with Crippen molar-refractivity contribution in [2.24, 2.45) is 0 Å². The van der Waals surface area contributed by atoms with Gasteiger partial charge in [0.25, 0.3) is 11.5 Å². The van der Waals surface area contributed by atoms with Crippen molar-refractivity contribution in [3.05, 3.63) is 44.0 Å². The third-order valence-corrected chi connectivity index (χ3v) is 5.66. The summed E-state index contributed by atoms with van der Waals surface area (Å²) in [5, 5.41) is 1.90. The van der Waals surface area contributed by atoms with E-state index >= 15 is 0 Å². The molecule has 2 unspecified atom stereocenters. The monoisotopic (exact) mass is 374 g/mol. The van der Waals surface area contributed by atoms with E-state index in [1.807, 2.05) is 31.4 Å². The van der Waals surface area contributed by atoms with Crippen LogP contribution in [-0.2, 0) is 17.7 Å². The van der Waals surface area contributed by atoms with Crippen LogP contribution in [0.1, 0.15) is 34.8 Å². The number of carbonyl (C=O) groups excluding carboxylic acids is 1. The van der Waals surface area contributed by atoms with Gasteiger partial charge in [-0.1, -0.05) is 6.07 Å². The van der Waals surface area contributed by atoms with Crippen LogP contribution in [0.3, 0.4) is 0 Å². The van der Waals surface area contributed by atoms with Gasteiger partial charge in [0, 0.05) is 25.2 Å². The van der Waals surface area contributed by atoms with Gasteiger partial charge < -0.3 is 14.5 Å². The first-order chi connectivity index (χ1) is 12.5. The molecule has 0 saturated carbocycles. The molecule has 2 aromatic rings. The lowest BCUT2D eigenvalue weighted by Gasteiger charge is -2.36. The number of morpholine rings is 1. The topological polar surface area (TPSA) is 78.5 Å². The Balaban J connectivity index is 1.60. The molecule has 2 aromatic heterocycles. The summed E-state index contributed by atoms with van der Waals surface area (Å²) in [5.41, 5.74) is 1.30. The third kappa shape index (κ3) is 3.26. The zero-order valence-corrected chi connectivity index (χ0v) is 15.7. The highest BCUT2D eigenvalue weighted by Crippen LogP contribution is 2.22. The van der Waals surface area contributed by atoms with E-state index in [0.29, 0.717) is 54.7 Å². The Morgan fingerprint density at radius 1 is 1.35 bits per heavy atom. The molecule has 2 aliphatic heterocycles. The van der Waals surface area contributed by atoms with Crippen molar-refractivity contribution in [2.45, 2.75) is 39.0 Å². The minimum absolute atomic E-state index is 0.00268. The number of aromatic amines is 1. The number of amides is 1. The van der Waals surface area contributed by atoms with E-state index in [0.717, 1.165) is 0 Å². The second kappa shape index (κ2) is 6.85. The van der Waals surface area contributed by atoms with E-state index in [1.54, 1.807) is 4.90 Å². The average Bonchev–Trinajstić information content (AvgIpc) is 3.14. The van der Waals surface area contributed by atoms with Crippen LogP contribution in [0.2, 0.25) is 0 Å². The molecule has 0 radical (unpaired) electrons. The predicted molar refractivity (Wildman–Crippen MR) is 99.8 cm³/mol. The fourth-order valence-corrected chi connectivity index (χ4v) is 4.35. The lowest BCUT2D eigenvalue weighted by atomic mass is 10.1. The van der Waals surface area contributed by atoms with Crippen LogP contribution in [0, 0.1) is 0 Å². The summed E-state index contributed by atoms with van der Waals surface area (Å²) in [5.74, 6) is 0.573. The Labute approximate surface area is 155 Å². The molecule has 26 heavy (non-hydrogen) atoms. The van der Waals surface area contributed by atoms with Crippen LogP contribution in [0.4, 0.5) is 5.95 Å². The molecule has 1 amide bonds. The van der Waals surface area contributed by atoms with Gasteiger partial charge in [-0.15, -0.1) is 11.3 Å². The van der Waals surface area contributed by atoms with Crippen LogP contribution in [0.5, 0.6) is 0 Å². The zero-order chi connectivity index (χ0) is 18.3. The van der Waals surface area contributed by atoms with E-state index in [-0.39, 0.29) is 23.7 Å². The van der Waals surface area contributed by atoms with Crippen molar-refractivity contribution in [1.82, 2.24) is 14.9 Å². The number of hydrogen-bond donors (Lipinski definition) is 1. The Kier molecular flexibility index (Phi) is 4.54. The number of fused-ring (bicyclic) bond motifs is 1. The van der Waals surface area contributed by atoms with Crippen molar-refractivity contribution < 1.29 is 9.53 Å². The number of nitrogens with zero attached hydrogens (tertiary/aromatic N) is 3. The van der Waals surface area contributed by atoms with Gasteiger partial charge in [0.1, 0.15) is 0 Å². The van der Waals surface area contributed by atoms with Crippen LogP contribution < -0.4 is 10.5 Å². The molecule has 1 fully saturated rings. The highest BCUT2D eigenvalue weighted by Gasteiger charge is 2.28. The molecule has 4 rings (SSSR count). The van der Waals surface area contributed by atoms with Crippen LogP contribution >= 0.6 is 11.3 Å². The Bertz CT molecular complexity index is 854. The number of anilines is 1. The van der Waals surface area contributed by atoms with Gasteiger partial charge >= 0.3 is 0 Å². The van der Waals surface area contributed by atoms with Crippen LogP contribution in [0.25, 0.3) is 0 Å². The summed E-state index contributed by atoms with van der Waals surface area (Å²) in [4.78, 5) is 37.3. The highest BCUT2D eigenvalue weighted by molar-refractivity contribution is 7.12. The summed E-state index contributed by atoms with van der Waals surface area (Å²) in [6, 6.07) is 3.70. The van der Waals surface area contributed by atoms with Crippen LogP contribution in [0.15, 0.2) is 22.3 Å². The molecule has 0 bridgehead atoms. The second-order valence-corrected chi connectivity index (χ2v) is 7.88. The molecule has 0 spiro atoms. The summed E-state index contributed by atoms with van der Waals surface area (Å²) >= 11 is 1.43. The molecule has 8 heteroatoms. The maximum absolute atomic E-state index is 12.6. The minimum Gasteiger partial charge on any atom is -0.372 e. The Hall–Kier alpha value is -2.19. The number of carbonyl (C=O) groups is 1. The van der Waals surface area contributed by atoms with Crippen molar-refractivity contribution in [2.75, 3.05) is 24.5 Å². The third-order valence-electron chi connectivity index (χ3n) is 4.80. The first kappa shape index (κ1) is 17.2. The number of hydrogen-bond acceptors (Lipinski definition) is 6. The summed E-state index contributed by atoms with van der Waals surface area (Å²) in [7, 11) is 0. The molecule has 7 nitrogen and oxygen atoms in total. The van der Waals surface area contributed by atoms with Crippen molar-refractivity contribution >= 4 is 23.2 Å². The highest BCUT2D eigenvalue weighted by atomic mass is 32.1. The normalized spacial score (nSPS) is 23.0. The van der Waals surface area contributed by atoms with E-state index in [2.05, 4.69) is 9.88 Å². The van der Waals surface area contributed by atoms with Gasteiger partial charge in [0.15, 0.2) is 0 Å². The summed E-state index contributed by atoms with van der Waals surface area (Å²) in [6.07, 6.45) is 0.694. The molecule has 138 valence electrons. The average molecular weight is 374 g/mol. The lowest BCUT2D eigenvalue weighted by Crippen LogP contribution is -2.47. The fraction of sp³-hybridized carbons (Fsp3) is 0.500. The van der Waals surface area contributed by atoms with E-state index in [1.165, 1.54) is 11.3 Å². The number of rotatable bonds is 2. The first-order valence-electron chi connectivity index (χ1n) is 8.86. The number of ether oxygens (including phenoxy) is 1. The maximum Gasteiger partial charge on any atom is 0.264 e. The number of nitrogens with one attached hydrogen (secondary N) is 1. The molecule has 0 aromatic carbocycles. The molecule has 0 aliphatic carbocycles. The molecule has 1 N–H and O–H groups in total. The van der Waals surface area contributed by atoms with Gasteiger partial charge in [-0.25, -0.2) is 4.98 Å². The lowest BCUT2D eigenvalue weighted by molar-refractivity contribution is -0.00575. The predicted octanol–water partition coefficient (Wildman–Crippen LogP) is 1.64. The number of H-pyrrole nitrogens is 1. The van der Waals surface area contributed by atoms with Gasteiger partial charge in [0.05, 0.1) is 29.3 Å². The van der Waals surface area contributed by atoms with Crippen LogP contribution in [-0.4, -0.2) is 52.6 Å². The second-order valence-electron chi connectivity index (χ2n) is 6.93. The standard InChI is InChI=1S/C18H22N4O3S/c1-11-8-22(9-12(2)25-11)18-19-14-10-21(6-5-13(14)16(23)20-18)17(24)15-4-3-7-26-15/h3-4,7,11-12H,5-6,8-10H2,1-2H3,(H,19,20,23).